The molecule has 1 amide bonds. The van der Waals surface area contributed by atoms with Crippen molar-refractivity contribution in [3.63, 3.8) is 0 Å². The average molecular weight is 325 g/mol. The molecule has 3 rings (SSSR count). The van der Waals surface area contributed by atoms with E-state index in [9.17, 15) is 14.4 Å². The molecule has 0 radical (unpaired) electrons. The predicted octanol–water partition coefficient (Wildman–Crippen LogP) is 2.63. The van der Waals surface area contributed by atoms with Crippen LogP contribution < -0.4 is 5.32 Å². The number of hydrogen-bond donors (Lipinski definition) is 2. The summed E-state index contributed by atoms with van der Waals surface area (Å²) >= 11 is 0. The van der Waals surface area contributed by atoms with Gasteiger partial charge in [-0.05, 0) is 29.8 Å². The van der Waals surface area contributed by atoms with Crippen molar-refractivity contribution in [2.45, 2.75) is 12.5 Å². The lowest BCUT2D eigenvalue weighted by Crippen LogP contribution is -2.25. The van der Waals surface area contributed by atoms with Gasteiger partial charge in [-0.15, -0.1) is 0 Å². The van der Waals surface area contributed by atoms with Crippen molar-refractivity contribution < 1.29 is 24.2 Å². The number of anilines is 1. The smallest absolute Gasteiger partial charge is 0.335 e. The number of rotatable bonds is 4. The van der Waals surface area contributed by atoms with Gasteiger partial charge in [0.15, 0.2) is 0 Å². The molecule has 122 valence electrons. The lowest BCUT2D eigenvalue weighted by Gasteiger charge is -2.17. The van der Waals surface area contributed by atoms with Crippen molar-refractivity contribution in [2.24, 2.45) is 5.92 Å². The highest BCUT2D eigenvalue weighted by molar-refractivity contribution is 5.97. The van der Waals surface area contributed by atoms with Crippen LogP contribution in [0.3, 0.4) is 0 Å². The zero-order valence-electron chi connectivity index (χ0n) is 12.6. The molecular weight excluding hydrogens is 310 g/mol. The Balaban J connectivity index is 1.75. The van der Waals surface area contributed by atoms with E-state index in [4.69, 9.17) is 9.84 Å². The number of carbonyl (C=O) groups excluding carboxylic acids is 2. The number of amides is 1. The van der Waals surface area contributed by atoms with Crippen molar-refractivity contribution >= 4 is 23.5 Å². The van der Waals surface area contributed by atoms with Gasteiger partial charge in [0, 0.05) is 5.69 Å². The van der Waals surface area contributed by atoms with E-state index in [1.54, 1.807) is 0 Å². The molecule has 6 nitrogen and oxygen atoms in total. The molecule has 2 aromatic rings. The number of carbonyl (C=O) groups is 3. The number of benzene rings is 2. The summed E-state index contributed by atoms with van der Waals surface area (Å²) < 4.78 is 5.29. The number of carboxylic acids is 1. The van der Waals surface area contributed by atoms with Crippen LogP contribution in [0.15, 0.2) is 54.6 Å². The fourth-order valence-corrected chi connectivity index (χ4v) is 2.66. The Bertz CT molecular complexity index is 770. The van der Waals surface area contributed by atoms with Gasteiger partial charge in [-0.1, -0.05) is 30.3 Å². The number of aromatic carboxylic acids is 1. The molecule has 0 bridgehead atoms. The highest BCUT2D eigenvalue weighted by atomic mass is 16.6. The van der Waals surface area contributed by atoms with Crippen LogP contribution in [0.5, 0.6) is 0 Å². The maximum atomic E-state index is 12.5. The van der Waals surface area contributed by atoms with Crippen LogP contribution in [-0.4, -0.2) is 23.0 Å². The molecule has 1 saturated heterocycles. The second kappa shape index (κ2) is 6.54. The first kappa shape index (κ1) is 15.7. The van der Waals surface area contributed by atoms with Crippen LogP contribution in [-0.2, 0) is 14.3 Å². The SMILES string of the molecule is O=C1C[C@H](C(=O)Nc2ccc(C(=O)O)cc2)[C@H](c2ccccc2)O1. The molecule has 1 heterocycles. The molecule has 1 fully saturated rings. The van der Waals surface area contributed by atoms with Crippen LogP contribution in [0.2, 0.25) is 0 Å². The largest absolute Gasteiger partial charge is 0.478 e. The summed E-state index contributed by atoms with van der Waals surface area (Å²) in [6, 6.07) is 14.9. The molecule has 24 heavy (non-hydrogen) atoms. The highest BCUT2D eigenvalue weighted by Crippen LogP contribution is 2.36. The minimum atomic E-state index is -1.04. The first-order valence-corrected chi connectivity index (χ1v) is 7.43. The van der Waals surface area contributed by atoms with Crippen LogP contribution in [0.4, 0.5) is 5.69 Å². The summed E-state index contributed by atoms with van der Waals surface area (Å²) in [5, 5.41) is 11.6. The van der Waals surface area contributed by atoms with E-state index in [0.717, 1.165) is 5.56 Å². The zero-order valence-corrected chi connectivity index (χ0v) is 12.6. The van der Waals surface area contributed by atoms with E-state index in [1.165, 1.54) is 24.3 Å². The first-order valence-electron chi connectivity index (χ1n) is 7.43. The molecule has 0 aromatic heterocycles. The van der Waals surface area contributed by atoms with Gasteiger partial charge in [0.05, 0.1) is 17.9 Å². The van der Waals surface area contributed by atoms with Gasteiger partial charge in [-0.3, -0.25) is 9.59 Å². The molecule has 2 N–H and O–H groups in total. The van der Waals surface area contributed by atoms with Gasteiger partial charge < -0.3 is 15.2 Å². The van der Waals surface area contributed by atoms with Crippen LogP contribution in [0.25, 0.3) is 0 Å². The fraction of sp³-hybridized carbons (Fsp3) is 0.167. The van der Waals surface area contributed by atoms with Gasteiger partial charge in [-0.25, -0.2) is 4.79 Å². The van der Waals surface area contributed by atoms with Crippen molar-refractivity contribution in [3.8, 4) is 0 Å². The normalized spacial score (nSPS) is 19.6. The molecule has 0 saturated carbocycles. The molecular formula is C18H15NO5. The third-order valence-corrected chi connectivity index (χ3v) is 3.87. The molecule has 2 aromatic carbocycles. The first-order chi connectivity index (χ1) is 11.5. The number of esters is 1. The zero-order chi connectivity index (χ0) is 17.1. The monoisotopic (exact) mass is 325 g/mol. The second-order valence-electron chi connectivity index (χ2n) is 5.50. The van der Waals surface area contributed by atoms with E-state index in [-0.39, 0.29) is 17.9 Å². The van der Waals surface area contributed by atoms with Crippen LogP contribution in [0.1, 0.15) is 28.4 Å². The Morgan fingerprint density at radius 1 is 1.04 bits per heavy atom. The third kappa shape index (κ3) is 3.27. The number of hydrogen-bond acceptors (Lipinski definition) is 4. The quantitative estimate of drug-likeness (QED) is 0.843. The van der Waals surface area contributed by atoms with Gasteiger partial charge in [-0.2, -0.15) is 0 Å². The van der Waals surface area contributed by atoms with E-state index in [2.05, 4.69) is 5.32 Å². The summed E-state index contributed by atoms with van der Waals surface area (Å²) in [6.07, 6.45) is -0.601. The lowest BCUT2D eigenvalue weighted by molar-refractivity contribution is -0.141. The Hall–Kier alpha value is -3.15. The summed E-state index contributed by atoms with van der Waals surface area (Å²) in [5.41, 5.74) is 1.37. The predicted molar refractivity (Wildman–Crippen MR) is 85.4 cm³/mol. The van der Waals surface area contributed by atoms with Crippen molar-refractivity contribution in [2.75, 3.05) is 5.32 Å². The molecule has 1 aliphatic heterocycles. The summed E-state index contributed by atoms with van der Waals surface area (Å²) in [5.74, 6) is -2.41. The molecule has 6 heteroatoms. The lowest BCUT2D eigenvalue weighted by atomic mass is 9.94. The average Bonchev–Trinajstić information content (AvgIpc) is 2.98. The Morgan fingerprint density at radius 2 is 1.71 bits per heavy atom. The van der Waals surface area contributed by atoms with E-state index in [1.807, 2.05) is 30.3 Å². The third-order valence-electron chi connectivity index (χ3n) is 3.87. The molecule has 2 atom stereocenters. The maximum Gasteiger partial charge on any atom is 0.335 e. The second-order valence-corrected chi connectivity index (χ2v) is 5.50. The maximum absolute atomic E-state index is 12.5. The van der Waals surface area contributed by atoms with Crippen molar-refractivity contribution in [1.29, 1.82) is 0 Å². The van der Waals surface area contributed by atoms with Gasteiger partial charge in [0.1, 0.15) is 6.10 Å². The molecule has 0 unspecified atom stereocenters. The minimum Gasteiger partial charge on any atom is -0.478 e. The van der Waals surface area contributed by atoms with Gasteiger partial charge >= 0.3 is 11.9 Å². The molecule has 0 aliphatic carbocycles. The minimum absolute atomic E-state index is 0.0125. The van der Waals surface area contributed by atoms with Gasteiger partial charge in [0.2, 0.25) is 5.91 Å². The van der Waals surface area contributed by atoms with Crippen LogP contribution in [0, 0.1) is 5.92 Å². The van der Waals surface area contributed by atoms with Crippen molar-refractivity contribution in [3.05, 3.63) is 65.7 Å². The van der Waals surface area contributed by atoms with Crippen molar-refractivity contribution in [1.82, 2.24) is 0 Å². The molecule has 0 spiro atoms. The Kier molecular flexibility index (Phi) is 4.29. The summed E-state index contributed by atoms with van der Waals surface area (Å²) in [6.45, 7) is 0. The van der Waals surface area contributed by atoms with E-state index < -0.39 is 24.0 Å². The number of nitrogens with one attached hydrogen (secondary N) is 1. The van der Waals surface area contributed by atoms with Gasteiger partial charge in [0.25, 0.3) is 0 Å². The fourth-order valence-electron chi connectivity index (χ4n) is 2.66. The Labute approximate surface area is 138 Å². The molecule has 1 aliphatic rings. The summed E-state index contributed by atoms with van der Waals surface area (Å²) in [7, 11) is 0. The number of ether oxygens (including phenoxy) is 1. The topological polar surface area (TPSA) is 92.7 Å². The Morgan fingerprint density at radius 3 is 2.33 bits per heavy atom. The number of carboxylic acid groups (broad SMARTS) is 1. The summed E-state index contributed by atoms with van der Waals surface area (Å²) in [4.78, 5) is 35.0. The standard InChI is InChI=1S/C18H15NO5/c20-15-10-14(16(24-15)11-4-2-1-3-5-11)17(21)19-13-8-6-12(7-9-13)18(22)23/h1-9,14,16H,10H2,(H,19,21)(H,22,23)/t14-,16-/m0/s1. The highest BCUT2D eigenvalue weighted by Gasteiger charge is 2.40. The van der Waals surface area contributed by atoms with E-state index >= 15 is 0 Å². The van der Waals surface area contributed by atoms with E-state index in [0.29, 0.717) is 5.69 Å². The van der Waals surface area contributed by atoms with Crippen LogP contribution >= 0.6 is 0 Å². The number of cyclic esters (lactones) is 1.